The van der Waals surface area contributed by atoms with E-state index < -0.39 is 11.7 Å². The summed E-state index contributed by atoms with van der Waals surface area (Å²) in [6.45, 7) is 0.0371. The summed E-state index contributed by atoms with van der Waals surface area (Å²) in [4.78, 5) is 11.1. The van der Waals surface area contributed by atoms with E-state index in [2.05, 4.69) is 11.2 Å². The predicted molar refractivity (Wildman–Crippen MR) is 60.1 cm³/mol. The predicted octanol–water partition coefficient (Wildman–Crippen LogP) is 2.01. The van der Waals surface area contributed by atoms with Crippen molar-refractivity contribution in [3.05, 3.63) is 24.0 Å². The van der Waals surface area contributed by atoms with Crippen LogP contribution in [0.15, 0.2) is 18.2 Å². The van der Waals surface area contributed by atoms with Crippen LogP contribution < -0.4 is 10.1 Å². The third-order valence-corrected chi connectivity index (χ3v) is 1.89. The average Bonchev–Trinajstić information content (AvgIpc) is 2.28. The quantitative estimate of drug-likeness (QED) is 0.647. The smallest absolute Gasteiger partial charge is 0.239 e. The van der Waals surface area contributed by atoms with Crippen LogP contribution in [-0.2, 0) is 4.79 Å². The zero-order valence-corrected chi connectivity index (χ0v) is 9.05. The van der Waals surface area contributed by atoms with E-state index in [0.29, 0.717) is 5.75 Å². The van der Waals surface area contributed by atoms with Gasteiger partial charge in [-0.15, -0.1) is 18.0 Å². The monoisotopic (exact) mass is 241 g/mol. The van der Waals surface area contributed by atoms with Gasteiger partial charge >= 0.3 is 0 Å². The Balaban J connectivity index is 2.90. The highest BCUT2D eigenvalue weighted by Crippen LogP contribution is 2.25. The summed E-state index contributed by atoms with van der Waals surface area (Å²) < 4.78 is 18.1. The van der Waals surface area contributed by atoms with E-state index in [0.717, 1.165) is 6.07 Å². The van der Waals surface area contributed by atoms with Crippen molar-refractivity contribution >= 4 is 23.2 Å². The molecule has 84 valence electrons. The fourth-order valence-corrected chi connectivity index (χ4v) is 1.10. The maximum Gasteiger partial charge on any atom is 0.239 e. The van der Waals surface area contributed by atoms with Gasteiger partial charge in [0.25, 0.3) is 0 Å². The van der Waals surface area contributed by atoms with Gasteiger partial charge in [0, 0.05) is 6.07 Å². The molecule has 0 bridgehead atoms. The molecule has 1 rings (SSSR count). The van der Waals surface area contributed by atoms with E-state index in [9.17, 15) is 9.18 Å². The van der Waals surface area contributed by atoms with Gasteiger partial charge in [0.05, 0.1) is 5.69 Å². The molecule has 0 fully saturated rings. The number of hydrogen-bond donors (Lipinski definition) is 1. The van der Waals surface area contributed by atoms with E-state index in [1.165, 1.54) is 12.1 Å². The lowest BCUT2D eigenvalue weighted by molar-refractivity contribution is -0.113. The second kappa shape index (κ2) is 5.99. The van der Waals surface area contributed by atoms with Crippen molar-refractivity contribution < 1.29 is 13.9 Å². The second-order valence-electron chi connectivity index (χ2n) is 2.82. The summed E-state index contributed by atoms with van der Waals surface area (Å²) in [5.41, 5.74) is 0.209. The standard InChI is InChI=1S/C11H9ClFNO2/c1-2-5-16-10-4-3-8(13)6-9(10)14-11(15)7-12/h1,3-4,6H,5,7H2,(H,14,15). The maximum atomic E-state index is 12.9. The molecule has 16 heavy (non-hydrogen) atoms. The highest BCUT2D eigenvalue weighted by molar-refractivity contribution is 6.29. The molecule has 1 aromatic rings. The van der Waals surface area contributed by atoms with Crippen LogP contribution in [0.3, 0.4) is 0 Å². The SMILES string of the molecule is C#CCOc1ccc(F)cc1NC(=O)CCl. The second-order valence-corrected chi connectivity index (χ2v) is 3.08. The largest absolute Gasteiger partial charge is 0.479 e. The minimum Gasteiger partial charge on any atom is -0.479 e. The molecule has 0 radical (unpaired) electrons. The molecule has 1 aromatic carbocycles. The van der Waals surface area contributed by atoms with Gasteiger partial charge in [-0.3, -0.25) is 4.79 Å². The van der Waals surface area contributed by atoms with Gasteiger partial charge in [0.2, 0.25) is 5.91 Å². The molecule has 5 heteroatoms. The Kier molecular flexibility index (Phi) is 4.62. The van der Waals surface area contributed by atoms with E-state index >= 15 is 0 Å². The summed E-state index contributed by atoms with van der Waals surface area (Å²) in [6.07, 6.45) is 5.03. The summed E-state index contributed by atoms with van der Waals surface area (Å²) in [5, 5.41) is 2.41. The Bertz CT molecular complexity index is 428. The first-order valence-corrected chi connectivity index (χ1v) is 4.92. The molecular formula is C11H9ClFNO2. The molecule has 0 saturated carbocycles. The van der Waals surface area contributed by atoms with E-state index in [1.807, 2.05) is 0 Å². The van der Waals surface area contributed by atoms with Crippen molar-refractivity contribution in [3.63, 3.8) is 0 Å². The molecule has 0 aliphatic heterocycles. The highest BCUT2D eigenvalue weighted by atomic mass is 35.5. The Morgan fingerprint density at radius 3 is 3.00 bits per heavy atom. The Labute approximate surface area is 97.5 Å². The molecule has 1 N–H and O–H groups in total. The highest BCUT2D eigenvalue weighted by Gasteiger charge is 2.08. The van der Waals surface area contributed by atoms with Gasteiger partial charge in [0.1, 0.15) is 24.1 Å². The summed E-state index contributed by atoms with van der Waals surface area (Å²) in [7, 11) is 0. The van der Waals surface area contributed by atoms with Crippen LogP contribution in [0.4, 0.5) is 10.1 Å². The molecule has 1 amide bonds. The van der Waals surface area contributed by atoms with E-state index in [4.69, 9.17) is 22.8 Å². The number of amides is 1. The van der Waals surface area contributed by atoms with Gasteiger partial charge in [-0.05, 0) is 12.1 Å². The van der Waals surface area contributed by atoms with Gasteiger partial charge in [-0.1, -0.05) is 5.92 Å². The van der Waals surface area contributed by atoms with Crippen LogP contribution in [-0.4, -0.2) is 18.4 Å². The fraction of sp³-hybridized carbons (Fsp3) is 0.182. The Morgan fingerprint density at radius 2 is 2.38 bits per heavy atom. The van der Waals surface area contributed by atoms with Crippen molar-refractivity contribution in [2.45, 2.75) is 0 Å². The lowest BCUT2D eigenvalue weighted by Gasteiger charge is -2.10. The Morgan fingerprint density at radius 1 is 1.62 bits per heavy atom. The summed E-state index contributed by atoms with van der Waals surface area (Å²) in [6, 6.07) is 3.73. The van der Waals surface area contributed by atoms with Crippen molar-refractivity contribution in [1.82, 2.24) is 0 Å². The van der Waals surface area contributed by atoms with Crippen LogP contribution in [0.25, 0.3) is 0 Å². The minimum atomic E-state index is -0.488. The molecular weight excluding hydrogens is 233 g/mol. The Hall–Kier alpha value is -1.73. The molecule has 0 spiro atoms. The summed E-state index contributed by atoms with van der Waals surface area (Å²) >= 11 is 5.32. The van der Waals surface area contributed by atoms with Gasteiger partial charge in [0.15, 0.2) is 0 Å². The molecule has 0 aliphatic rings. The molecule has 3 nitrogen and oxygen atoms in total. The first kappa shape index (κ1) is 12.3. The number of halogens is 2. The zero-order chi connectivity index (χ0) is 12.0. The number of terminal acetylenes is 1. The van der Waals surface area contributed by atoms with Gasteiger partial charge in [-0.25, -0.2) is 4.39 Å². The molecule has 0 atom stereocenters. The third-order valence-electron chi connectivity index (χ3n) is 1.65. The number of nitrogens with one attached hydrogen (secondary N) is 1. The van der Waals surface area contributed by atoms with Crippen LogP contribution in [0.1, 0.15) is 0 Å². The minimum absolute atomic E-state index is 0.0371. The number of carbonyl (C=O) groups excluding carboxylic acids is 1. The lowest BCUT2D eigenvalue weighted by atomic mass is 10.3. The molecule has 0 aliphatic carbocycles. The molecule has 0 unspecified atom stereocenters. The topological polar surface area (TPSA) is 38.3 Å². The molecule has 0 saturated heterocycles. The van der Waals surface area contributed by atoms with Crippen molar-refractivity contribution in [3.8, 4) is 18.1 Å². The number of alkyl halides is 1. The number of anilines is 1. The summed E-state index contributed by atoms with van der Waals surface area (Å²) in [5.74, 6) is 1.42. The number of benzene rings is 1. The molecule has 0 aromatic heterocycles. The lowest BCUT2D eigenvalue weighted by Crippen LogP contribution is -2.13. The first-order valence-electron chi connectivity index (χ1n) is 4.39. The number of hydrogen-bond acceptors (Lipinski definition) is 2. The van der Waals surface area contributed by atoms with Crippen molar-refractivity contribution in [2.75, 3.05) is 17.8 Å². The van der Waals surface area contributed by atoms with E-state index in [-0.39, 0.29) is 18.2 Å². The van der Waals surface area contributed by atoms with Crippen LogP contribution in [0.2, 0.25) is 0 Å². The third kappa shape index (κ3) is 3.44. The van der Waals surface area contributed by atoms with E-state index in [1.54, 1.807) is 0 Å². The maximum absolute atomic E-state index is 12.9. The fourth-order valence-electron chi connectivity index (χ4n) is 1.03. The molecule has 0 heterocycles. The van der Waals surface area contributed by atoms with Crippen LogP contribution in [0, 0.1) is 18.2 Å². The van der Waals surface area contributed by atoms with Crippen LogP contribution >= 0.6 is 11.6 Å². The van der Waals surface area contributed by atoms with Gasteiger partial charge < -0.3 is 10.1 Å². The van der Waals surface area contributed by atoms with Crippen LogP contribution in [0.5, 0.6) is 5.75 Å². The van der Waals surface area contributed by atoms with Gasteiger partial charge in [-0.2, -0.15) is 0 Å². The zero-order valence-electron chi connectivity index (χ0n) is 8.30. The normalized spacial score (nSPS) is 9.31. The van der Waals surface area contributed by atoms with Crippen molar-refractivity contribution in [2.24, 2.45) is 0 Å². The first-order chi connectivity index (χ1) is 7.67. The van der Waals surface area contributed by atoms with Crippen molar-refractivity contribution in [1.29, 1.82) is 0 Å². The number of ether oxygens (including phenoxy) is 1. The average molecular weight is 242 g/mol. The number of carbonyl (C=O) groups is 1. The number of rotatable bonds is 4.